The number of carbonyl (C=O) groups is 3. The van der Waals surface area contributed by atoms with Gasteiger partial charge in [-0.1, -0.05) is 13.0 Å². The molecule has 0 radical (unpaired) electrons. The van der Waals surface area contributed by atoms with E-state index in [1.165, 1.54) is 7.05 Å². The van der Waals surface area contributed by atoms with Crippen LogP contribution < -0.4 is 21.3 Å². The highest BCUT2D eigenvalue weighted by molar-refractivity contribution is 5.98. The Bertz CT molecular complexity index is 587. The second-order valence-electron chi connectivity index (χ2n) is 5.21. The summed E-state index contributed by atoms with van der Waals surface area (Å²) in [5.41, 5.74) is 2.25. The maximum absolute atomic E-state index is 11.9. The van der Waals surface area contributed by atoms with Crippen LogP contribution in [0.4, 0.5) is 16.2 Å². The zero-order chi connectivity index (χ0) is 17.4. The summed E-state index contributed by atoms with van der Waals surface area (Å²) in [4.78, 5) is 34.8. The molecule has 0 aromatic heterocycles. The molecule has 4 N–H and O–H groups in total. The number of hydrogen-bond acceptors (Lipinski definition) is 4. The molecule has 0 heterocycles. The summed E-state index contributed by atoms with van der Waals surface area (Å²) < 4.78 is 0. The largest absolute Gasteiger partial charge is 0.374 e. The average molecular weight is 320 g/mol. The van der Waals surface area contributed by atoms with Crippen LogP contribution in [0.2, 0.25) is 0 Å². The minimum Gasteiger partial charge on any atom is -0.374 e. The van der Waals surface area contributed by atoms with Crippen molar-refractivity contribution in [3.8, 4) is 0 Å². The van der Waals surface area contributed by atoms with Crippen molar-refractivity contribution >= 4 is 29.2 Å². The molecule has 1 rings (SSSR count). The van der Waals surface area contributed by atoms with E-state index in [4.69, 9.17) is 0 Å². The zero-order valence-corrected chi connectivity index (χ0v) is 13.9. The molecule has 1 aromatic rings. The van der Waals surface area contributed by atoms with Crippen LogP contribution in [-0.2, 0) is 9.59 Å². The molecule has 0 aliphatic rings. The van der Waals surface area contributed by atoms with Gasteiger partial charge in [0.25, 0.3) is 0 Å². The Morgan fingerprint density at radius 1 is 1.17 bits per heavy atom. The Morgan fingerprint density at radius 3 is 2.43 bits per heavy atom. The smallest absolute Gasteiger partial charge is 0.321 e. The number of rotatable bonds is 6. The van der Waals surface area contributed by atoms with Crippen molar-refractivity contribution in [2.45, 2.75) is 39.7 Å². The number of nitrogens with one attached hydrogen (secondary N) is 4. The van der Waals surface area contributed by atoms with E-state index in [0.29, 0.717) is 12.1 Å². The number of urea groups is 1. The molecule has 1 aromatic carbocycles. The lowest BCUT2D eigenvalue weighted by molar-refractivity contribution is -0.120. The van der Waals surface area contributed by atoms with Crippen LogP contribution in [-0.4, -0.2) is 30.9 Å². The SMILES string of the molecule is CCCC(=O)Nc1cccc(N[C@@H](C)C(=O)NC(=O)NC)c1C. The molecular weight excluding hydrogens is 296 g/mol. The summed E-state index contributed by atoms with van der Waals surface area (Å²) in [6.45, 7) is 5.45. The first-order valence-corrected chi connectivity index (χ1v) is 7.57. The van der Waals surface area contributed by atoms with E-state index < -0.39 is 18.0 Å². The van der Waals surface area contributed by atoms with Gasteiger partial charge in [-0.25, -0.2) is 4.79 Å². The van der Waals surface area contributed by atoms with Crippen molar-refractivity contribution < 1.29 is 14.4 Å². The van der Waals surface area contributed by atoms with Crippen LogP contribution in [0.15, 0.2) is 18.2 Å². The second-order valence-corrected chi connectivity index (χ2v) is 5.21. The maximum atomic E-state index is 11.9. The predicted octanol–water partition coefficient (Wildman–Crippen LogP) is 1.99. The number of amides is 4. The van der Waals surface area contributed by atoms with Gasteiger partial charge in [0.15, 0.2) is 0 Å². The number of hydrogen-bond donors (Lipinski definition) is 4. The molecule has 0 fully saturated rings. The van der Waals surface area contributed by atoms with E-state index >= 15 is 0 Å². The van der Waals surface area contributed by atoms with Gasteiger partial charge >= 0.3 is 6.03 Å². The summed E-state index contributed by atoms with van der Waals surface area (Å²) in [5, 5.41) is 10.4. The summed E-state index contributed by atoms with van der Waals surface area (Å²) >= 11 is 0. The highest BCUT2D eigenvalue weighted by Crippen LogP contribution is 2.24. The van der Waals surface area contributed by atoms with Gasteiger partial charge in [0.2, 0.25) is 11.8 Å². The maximum Gasteiger partial charge on any atom is 0.321 e. The van der Waals surface area contributed by atoms with Gasteiger partial charge in [-0.05, 0) is 38.0 Å². The van der Waals surface area contributed by atoms with E-state index in [-0.39, 0.29) is 5.91 Å². The van der Waals surface area contributed by atoms with E-state index in [0.717, 1.165) is 17.7 Å². The Balaban J connectivity index is 2.79. The average Bonchev–Trinajstić information content (AvgIpc) is 2.51. The van der Waals surface area contributed by atoms with E-state index in [2.05, 4.69) is 21.3 Å². The molecule has 126 valence electrons. The quantitative estimate of drug-likeness (QED) is 0.644. The molecular formula is C16H24N4O3. The molecule has 0 saturated carbocycles. The van der Waals surface area contributed by atoms with Crippen LogP contribution in [0, 0.1) is 6.92 Å². The van der Waals surface area contributed by atoms with Crippen molar-refractivity contribution in [1.82, 2.24) is 10.6 Å². The topological polar surface area (TPSA) is 99.3 Å². The van der Waals surface area contributed by atoms with Crippen molar-refractivity contribution in [2.24, 2.45) is 0 Å². The first-order valence-electron chi connectivity index (χ1n) is 7.57. The van der Waals surface area contributed by atoms with Gasteiger partial charge in [0.05, 0.1) is 0 Å². The van der Waals surface area contributed by atoms with Crippen LogP contribution >= 0.6 is 0 Å². The van der Waals surface area contributed by atoms with E-state index in [9.17, 15) is 14.4 Å². The monoisotopic (exact) mass is 320 g/mol. The molecule has 0 spiro atoms. The Hall–Kier alpha value is -2.57. The van der Waals surface area contributed by atoms with Crippen LogP contribution in [0.25, 0.3) is 0 Å². The standard InChI is InChI=1S/C16H24N4O3/c1-5-7-14(21)19-13-9-6-8-12(10(13)2)18-11(3)15(22)20-16(23)17-4/h6,8-9,11,18H,5,7H2,1-4H3,(H,19,21)(H2,17,20,22,23)/t11-/m0/s1. The molecule has 7 heteroatoms. The van der Waals surface area contributed by atoms with Crippen molar-refractivity contribution in [2.75, 3.05) is 17.7 Å². The number of benzene rings is 1. The Labute approximate surface area is 136 Å². The van der Waals surface area contributed by atoms with Crippen molar-refractivity contribution in [3.05, 3.63) is 23.8 Å². The molecule has 0 unspecified atom stereocenters. The Kier molecular flexibility index (Phi) is 7.05. The fraction of sp³-hybridized carbons (Fsp3) is 0.438. The van der Waals surface area contributed by atoms with Crippen LogP contribution in [0.3, 0.4) is 0 Å². The van der Waals surface area contributed by atoms with Gasteiger partial charge in [-0.2, -0.15) is 0 Å². The molecule has 0 aliphatic carbocycles. The fourth-order valence-electron chi connectivity index (χ4n) is 1.95. The third-order valence-electron chi connectivity index (χ3n) is 3.31. The lowest BCUT2D eigenvalue weighted by atomic mass is 10.1. The van der Waals surface area contributed by atoms with E-state index in [1.807, 2.05) is 26.0 Å². The van der Waals surface area contributed by atoms with Gasteiger partial charge in [0, 0.05) is 24.8 Å². The minimum absolute atomic E-state index is 0.0434. The van der Waals surface area contributed by atoms with Gasteiger partial charge in [0.1, 0.15) is 6.04 Å². The minimum atomic E-state index is -0.604. The number of carbonyl (C=O) groups excluding carboxylic acids is 3. The summed E-state index contributed by atoms with van der Waals surface area (Å²) in [6, 6.07) is 4.26. The molecule has 1 atom stereocenters. The molecule has 23 heavy (non-hydrogen) atoms. The third-order valence-corrected chi connectivity index (χ3v) is 3.31. The summed E-state index contributed by atoms with van der Waals surface area (Å²) in [6.07, 6.45) is 1.24. The van der Waals surface area contributed by atoms with Gasteiger partial charge in [-0.15, -0.1) is 0 Å². The highest BCUT2D eigenvalue weighted by Gasteiger charge is 2.16. The lowest BCUT2D eigenvalue weighted by Crippen LogP contribution is -2.44. The zero-order valence-electron chi connectivity index (χ0n) is 13.9. The second kappa shape index (κ2) is 8.77. The summed E-state index contributed by atoms with van der Waals surface area (Å²) in [5.74, 6) is -0.484. The molecule has 0 aliphatic heterocycles. The van der Waals surface area contributed by atoms with Crippen LogP contribution in [0.5, 0.6) is 0 Å². The molecule has 7 nitrogen and oxygen atoms in total. The molecule has 0 bridgehead atoms. The summed E-state index contributed by atoms with van der Waals surface area (Å²) in [7, 11) is 1.44. The van der Waals surface area contributed by atoms with E-state index in [1.54, 1.807) is 13.0 Å². The predicted molar refractivity (Wildman–Crippen MR) is 90.4 cm³/mol. The molecule has 0 saturated heterocycles. The number of imide groups is 1. The van der Waals surface area contributed by atoms with Crippen molar-refractivity contribution in [3.63, 3.8) is 0 Å². The fourth-order valence-corrected chi connectivity index (χ4v) is 1.95. The molecule has 4 amide bonds. The normalized spacial score (nSPS) is 11.3. The number of anilines is 2. The van der Waals surface area contributed by atoms with Crippen molar-refractivity contribution in [1.29, 1.82) is 0 Å². The lowest BCUT2D eigenvalue weighted by Gasteiger charge is -2.18. The highest BCUT2D eigenvalue weighted by atomic mass is 16.2. The van der Waals surface area contributed by atoms with Crippen LogP contribution in [0.1, 0.15) is 32.3 Å². The van der Waals surface area contributed by atoms with Gasteiger partial charge < -0.3 is 16.0 Å². The first kappa shape index (κ1) is 18.5. The Morgan fingerprint density at radius 2 is 1.83 bits per heavy atom. The first-order chi connectivity index (χ1) is 10.9. The third kappa shape index (κ3) is 5.61. The van der Waals surface area contributed by atoms with Gasteiger partial charge in [-0.3, -0.25) is 14.9 Å².